The monoisotopic (exact) mass is 288 g/mol. The summed E-state index contributed by atoms with van der Waals surface area (Å²) in [6, 6.07) is 4.15. The molecule has 5 nitrogen and oxygen atoms in total. The number of halogens is 1. The van der Waals surface area contributed by atoms with E-state index in [1.165, 1.54) is 18.2 Å². The molecule has 18 heavy (non-hydrogen) atoms. The summed E-state index contributed by atoms with van der Waals surface area (Å²) in [5, 5.41) is 13.3. The van der Waals surface area contributed by atoms with E-state index in [0.717, 1.165) is 5.75 Å². The van der Waals surface area contributed by atoms with Crippen LogP contribution >= 0.6 is 23.4 Å². The van der Waals surface area contributed by atoms with Crippen molar-refractivity contribution in [3.05, 3.63) is 38.9 Å². The summed E-state index contributed by atoms with van der Waals surface area (Å²) in [5.41, 5.74) is -0.138. The molecule has 0 aliphatic rings. The maximum absolute atomic E-state index is 11.9. The van der Waals surface area contributed by atoms with E-state index in [2.05, 4.69) is 5.32 Å². The molecule has 0 saturated carbocycles. The number of nitrogens with zero attached hydrogens (tertiary/aromatic N) is 1. The fourth-order valence-electron chi connectivity index (χ4n) is 1.43. The lowest BCUT2D eigenvalue weighted by Gasteiger charge is -2.13. The van der Waals surface area contributed by atoms with Gasteiger partial charge in [-0.2, -0.15) is 11.8 Å². The predicted octanol–water partition coefficient (Wildman–Crippen LogP) is 2.73. The van der Waals surface area contributed by atoms with Gasteiger partial charge in [-0.1, -0.05) is 17.7 Å². The fourth-order valence-corrected chi connectivity index (χ4v) is 2.29. The van der Waals surface area contributed by atoms with Crippen LogP contribution in [0.5, 0.6) is 0 Å². The lowest BCUT2D eigenvalue weighted by atomic mass is 10.2. The number of benzene rings is 1. The summed E-state index contributed by atoms with van der Waals surface area (Å²) in [6.07, 6.45) is 1.93. The molecule has 0 aromatic heterocycles. The third-order valence-corrected chi connectivity index (χ3v) is 3.44. The Kier molecular flexibility index (Phi) is 5.43. The second-order valence-electron chi connectivity index (χ2n) is 3.73. The largest absolute Gasteiger partial charge is 0.349 e. The highest BCUT2D eigenvalue weighted by Gasteiger charge is 2.20. The van der Waals surface area contributed by atoms with Crippen molar-refractivity contribution in [1.82, 2.24) is 5.32 Å². The van der Waals surface area contributed by atoms with E-state index < -0.39 is 10.8 Å². The molecule has 1 aromatic rings. The quantitative estimate of drug-likeness (QED) is 0.668. The summed E-state index contributed by atoms with van der Waals surface area (Å²) in [4.78, 5) is 22.0. The van der Waals surface area contributed by atoms with E-state index in [-0.39, 0.29) is 22.3 Å². The van der Waals surface area contributed by atoms with E-state index >= 15 is 0 Å². The number of thioether (sulfide) groups is 1. The predicted molar refractivity (Wildman–Crippen MR) is 73.4 cm³/mol. The van der Waals surface area contributed by atoms with Crippen LogP contribution in [0.15, 0.2) is 18.2 Å². The van der Waals surface area contributed by atoms with Crippen molar-refractivity contribution in [1.29, 1.82) is 0 Å². The van der Waals surface area contributed by atoms with Crippen molar-refractivity contribution < 1.29 is 9.72 Å². The zero-order valence-electron chi connectivity index (χ0n) is 9.97. The van der Waals surface area contributed by atoms with E-state index in [1.807, 2.05) is 13.2 Å². The first-order valence-corrected chi connectivity index (χ1v) is 6.97. The molecule has 1 N–H and O–H groups in total. The maximum atomic E-state index is 11.9. The number of amides is 1. The molecule has 1 aromatic carbocycles. The number of hydrogen-bond acceptors (Lipinski definition) is 4. The third kappa shape index (κ3) is 3.61. The van der Waals surface area contributed by atoms with Crippen molar-refractivity contribution in [2.75, 3.05) is 12.0 Å². The number of nitrogens with one attached hydrogen (secondary N) is 1. The van der Waals surface area contributed by atoms with Crippen LogP contribution in [0.1, 0.15) is 17.3 Å². The molecule has 1 rings (SSSR count). The zero-order chi connectivity index (χ0) is 13.7. The Morgan fingerprint density at radius 3 is 2.83 bits per heavy atom. The van der Waals surface area contributed by atoms with Crippen molar-refractivity contribution in [3.8, 4) is 0 Å². The first-order chi connectivity index (χ1) is 8.47. The Bertz CT molecular complexity index is 468. The maximum Gasteiger partial charge on any atom is 0.288 e. The van der Waals surface area contributed by atoms with E-state index in [4.69, 9.17) is 11.6 Å². The molecule has 0 aliphatic carbocycles. The molecule has 0 heterocycles. The van der Waals surface area contributed by atoms with Crippen LogP contribution in [0, 0.1) is 10.1 Å². The Morgan fingerprint density at radius 1 is 1.61 bits per heavy atom. The van der Waals surface area contributed by atoms with Crippen LogP contribution in [0.3, 0.4) is 0 Å². The van der Waals surface area contributed by atoms with Gasteiger partial charge in [-0.3, -0.25) is 14.9 Å². The minimum atomic E-state index is -0.607. The minimum Gasteiger partial charge on any atom is -0.349 e. The van der Waals surface area contributed by atoms with Crippen molar-refractivity contribution in [2.45, 2.75) is 13.0 Å². The summed E-state index contributed by atoms with van der Waals surface area (Å²) in [6.45, 7) is 1.86. The van der Waals surface area contributed by atoms with Gasteiger partial charge in [0, 0.05) is 17.9 Å². The van der Waals surface area contributed by atoms with Crippen LogP contribution in [0.4, 0.5) is 5.69 Å². The van der Waals surface area contributed by atoms with Gasteiger partial charge in [-0.25, -0.2) is 0 Å². The zero-order valence-corrected chi connectivity index (χ0v) is 11.5. The fraction of sp³-hybridized carbons (Fsp3) is 0.364. The number of rotatable bonds is 5. The standard InChI is InChI=1S/C11H13ClN2O3S/c1-7(6-18-2)13-11(15)8-4-3-5-9(10(8)12)14(16)17/h3-5,7H,6H2,1-2H3,(H,13,15). The first kappa shape index (κ1) is 14.8. The number of nitro benzene ring substituents is 1. The Labute approximate surface area is 114 Å². The highest BCUT2D eigenvalue weighted by Crippen LogP contribution is 2.27. The number of carbonyl (C=O) groups excluding carboxylic acids is 1. The second kappa shape index (κ2) is 6.61. The molecule has 0 spiro atoms. The second-order valence-corrected chi connectivity index (χ2v) is 5.01. The molecule has 98 valence electrons. The van der Waals surface area contributed by atoms with Gasteiger partial charge >= 0.3 is 0 Å². The normalized spacial score (nSPS) is 11.9. The van der Waals surface area contributed by atoms with Crippen LogP contribution < -0.4 is 5.32 Å². The van der Waals surface area contributed by atoms with Gasteiger partial charge in [0.15, 0.2) is 0 Å². The average Bonchev–Trinajstić information content (AvgIpc) is 2.28. The molecule has 1 unspecified atom stereocenters. The van der Waals surface area contributed by atoms with Gasteiger partial charge in [0.1, 0.15) is 5.02 Å². The third-order valence-electron chi connectivity index (χ3n) is 2.21. The van der Waals surface area contributed by atoms with Gasteiger partial charge in [0.25, 0.3) is 11.6 Å². The number of nitro groups is 1. The Hall–Kier alpha value is -1.27. The van der Waals surface area contributed by atoms with Gasteiger partial charge in [-0.15, -0.1) is 0 Å². The van der Waals surface area contributed by atoms with Gasteiger partial charge in [0.05, 0.1) is 10.5 Å². The van der Waals surface area contributed by atoms with Crippen molar-refractivity contribution in [2.24, 2.45) is 0 Å². The molecule has 1 atom stereocenters. The molecular formula is C11H13ClN2O3S. The summed E-state index contributed by atoms with van der Waals surface area (Å²) in [7, 11) is 0. The van der Waals surface area contributed by atoms with Crippen molar-refractivity contribution in [3.63, 3.8) is 0 Å². The van der Waals surface area contributed by atoms with Crippen molar-refractivity contribution >= 4 is 35.0 Å². The minimum absolute atomic E-state index is 0.0252. The lowest BCUT2D eigenvalue weighted by Crippen LogP contribution is -2.34. The highest BCUT2D eigenvalue weighted by atomic mass is 35.5. The molecular weight excluding hydrogens is 276 g/mol. The molecule has 0 aliphatic heterocycles. The summed E-state index contributed by atoms with van der Waals surface area (Å²) in [5.74, 6) is 0.364. The van der Waals surface area contributed by atoms with Crippen LogP contribution in [0.2, 0.25) is 5.02 Å². The van der Waals surface area contributed by atoms with E-state index in [1.54, 1.807) is 11.8 Å². The molecule has 0 radical (unpaired) electrons. The smallest absolute Gasteiger partial charge is 0.288 e. The average molecular weight is 289 g/mol. The summed E-state index contributed by atoms with van der Waals surface area (Å²) < 4.78 is 0. The molecule has 7 heteroatoms. The first-order valence-electron chi connectivity index (χ1n) is 5.20. The van der Waals surface area contributed by atoms with Gasteiger partial charge in [0.2, 0.25) is 0 Å². The highest BCUT2D eigenvalue weighted by molar-refractivity contribution is 7.98. The number of hydrogen-bond donors (Lipinski definition) is 1. The molecule has 0 saturated heterocycles. The lowest BCUT2D eigenvalue weighted by molar-refractivity contribution is -0.384. The van der Waals surface area contributed by atoms with E-state index in [9.17, 15) is 14.9 Å². The molecule has 0 fully saturated rings. The summed E-state index contributed by atoms with van der Waals surface area (Å²) >= 11 is 7.45. The topological polar surface area (TPSA) is 72.2 Å². The number of carbonyl (C=O) groups is 1. The molecule has 1 amide bonds. The Morgan fingerprint density at radius 2 is 2.28 bits per heavy atom. The SMILES string of the molecule is CSCC(C)NC(=O)c1cccc([N+](=O)[O-])c1Cl. The van der Waals surface area contributed by atoms with Crippen LogP contribution in [-0.4, -0.2) is 28.9 Å². The van der Waals surface area contributed by atoms with Gasteiger partial charge in [-0.05, 0) is 19.2 Å². The van der Waals surface area contributed by atoms with E-state index in [0.29, 0.717) is 0 Å². The molecule has 0 bridgehead atoms. The van der Waals surface area contributed by atoms with Crippen LogP contribution in [0.25, 0.3) is 0 Å². The Balaban J connectivity index is 2.93. The van der Waals surface area contributed by atoms with Crippen LogP contribution in [-0.2, 0) is 0 Å². The van der Waals surface area contributed by atoms with Gasteiger partial charge < -0.3 is 5.32 Å².